The summed E-state index contributed by atoms with van der Waals surface area (Å²) in [6.07, 6.45) is 7.11. The molecule has 146 valence electrons. The van der Waals surface area contributed by atoms with Crippen molar-refractivity contribution in [2.75, 3.05) is 14.2 Å². The predicted octanol–water partition coefficient (Wildman–Crippen LogP) is 2.14. The Labute approximate surface area is 160 Å². The van der Waals surface area contributed by atoms with Gasteiger partial charge in [0.15, 0.2) is 0 Å². The molecular weight excluding hydrogens is 366 g/mol. The molecule has 2 fully saturated rings. The van der Waals surface area contributed by atoms with Crippen molar-refractivity contribution >= 4 is 23.7 Å². The second kappa shape index (κ2) is 6.74. The number of imide groups is 1. The molecule has 0 radical (unpaired) electrons. The minimum Gasteiger partial charge on any atom is -0.496 e. The Bertz CT molecular complexity index is 892. The Morgan fingerprint density at radius 2 is 1.64 bits per heavy atom. The molecule has 5 rings (SSSR count). The number of methoxy groups -OCH3 is 2. The van der Waals surface area contributed by atoms with E-state index in [-0.39, 0.29) is 58.2 Å². The SMILES string of the molecule is COc1cc(OC)c([N+](=O)[O-])cc1/C=N\N1C(=O)[C@H]2[C@H](C1=O)[C@H]1C=C[C@H]2CC1. The average molecular weight is 385 g/mol. The fraction of sp³-hybridized carbons (Fsp3) is 0.421. The van der Waals surface area contributed by atoms with Crippen molar-refractivity contribution in [1.82, 2.24) is 5.01 Å². The first-order valence-corrected chi connectivity index (χ1v) is 8.96. The van der Waals surface area contributed by atoms with Crippen LogP contribution < -0.4 is 9.47 Å². The van der Waals surface area contributed by atoms with E-state index in [0.717, 1.165) is 17.9 Å². The van der Waals surface area contributed by atoms with E-state index in [0.29, 0.717) is 0 Å². The molecule has 0 N–H and O–H groups in total. The van der Waals surface area contributed by atoms with Crippen LogP contribution >= 0.6 is 0 Å². The van der Waals surface area contributed by atoms with E-state index in [1.165, 1.54) is 32.6 Å². The molecule has 1 heterocycles. The lowest BCUT2D eigenvalue weighted by Crippen LogP contribution is -2.38. The van der Waals surface area contributed by atoms with Gasteiger partial charge in [0, 0.05) is 17.7 Å². The van der Waals surface area contributed by atoms with Gasteiger partial charge in [0.1, 0.15) is 5.75 Å². The van der Waals surface area contributed by atoms with Crippen LogP contribution in [0.5, 0.6) is 11.5 Å². The molecule has 2 amide bonds. The molecule has 1 aromatic rings. The van der Waals surface area contributed by atoms with Crippen LogP contribution in [0.3, 0.4) is 0 Å². The van der Waals surface area contributed by atoms with Gasteiger partial charge in [0.05, 0.1) is 37.2 Å². The maximum absolute atomic E-state index is 12.8. The number of fused-ring (bicyclic) bond motifs is 1. The first kappa shape index (κ1) is 18.1. The average Bonchev–Trinajstić information content (AvgIpc) is 2.98. The van der Waals surface area contributed by atoms with Gasteiger partial charge in [0.25, 0.3) is 11.8 Å². The van der Waals surface area contributed by atoms with E-state index in [2.05, 4.69) is 5.10 Å². The summed E-state index contributed by atoms with van der Waals surface area (Å²) in [7, 11) is 2.73. The molecular formula is C19H19N3O6. The smallest absolute Gasteiger partial charge is 0.311 e. The van der Waals surface area contributed by atoms with Gasteiger partial charge in [-0.3, -0.25) is 19.7 Å². The number of rotatable bonds is 5. The van der Waals surface area contributed by atoms with Crippen LogP contribution in [-0.4, -0.2) is 42.2 Å². The van der Waals surface area contributed by atoms with Crippen LogP contribution in [0.2, 0.25) is 0 Å². The van der Waals surface area contributed by atoms with Crippen molar-refractivity contribution in [3.63, 3.8) is 0 Å². The Morgan fingerprint density at radius 3 is 2.11 bits per heavy atom. The van der Waals surface area contributed by atoms with Crippen LogP contribution in [0.4, 0.5) is 5.69 Å². The van der Waals surface area contributed by atoms with Crippen molar-refractivity contribution in [1.29, 1.82) is 0 Å². The minimum absolute atomic E-state index is 0.0426. The number of carbonyl (C=O) groups is 2. The first-order chi connectivity index (χ1) is 13.5. The van der Waals surface area contributed by atoms with Gasteiger partial charge in [-0.15, -0.1) is 0 Å². The lowest BCUT2D eigenvalue weighted by molar-refractivity contribution is -0.385. The third-order valence-electron chi connectivity index (χ3n) is 5.78. The molecule has 0 aromatic heterocycles. The number of amides is 2. The van der Waals surface area contributed by atoms with Crippen molar-refractivity contribution in [2.45, 2.75) is 12.8 Å². The lowest BCUT2D eigenvalue weighted by Gasteiger charge is -2.37. The van der Waals surface area contributed by atoms with Crippen molar-refractivity contribution in [2.24, 2.45) is 28.8 Å². The summed E-state index contributed by atoms with van der Waals surface area (Å²) < 4.78 is 10.3. The van der Waals surface area contributed by atoms with Crippen molar-refractivity contribution in [3.8, 4) is 11.5 Å². The van der Waals surface area contributed by atoms with Crippen LogP contribution in [0.25, 0.3) is 0 Å². The number of hydrogen-bond donors (Lipinski definition) is 0. The summed E-state index contributed by atoms with van der Waals surface area (Å²) in [5, 5.41) is 16.2. The molecule has 2 bridgehead atoms. The number of hydrazone groups is 1. The first-order valence-electron chi connectivity index (χ1n) is 8.96. The zero-order valence-corrected chi connectivity index (χ0v) is 15.4. The molecule has 1 saturated carbocycles. The molecule has 4 atom stereocenters. The van der Waals surface area contributed by atoms with E-state index in [1.54, 1.807) is 0 Å². The highest BCUT2D eigenvalue weighted by molar-refractivity contribution is 6.06. The normalized spacial score (nSPS) is 28.1. The summed E-state index contributed by atoms with van der Waals surface area (Å²) in [6.45, 7) is 0. The number of allylic oxidation sites excluding steroid dienone is 2. The Kier molecular flexibility index (Phi) is 4.37. The van der Waals surface area contributed by atoms with Crippen LogP contribution in [0.15, 0.2) is 29.4 Å². The summed E-state index contributed by atoms with van der Waals surface area (Å²) in [4.78, 5) is 36.3. The van der Waals surface area contributed by atoms with Gasteiger partial charge in [-0.2, -0.15) is 10.1 Å². The zero-order valence-electron chi connectivity index (χ0n) is 15.4. The number of ether oxygens (including phenoxy) is 2. The third-order valence-corrected chi connectivity index (χ3v) is 5.78. The number of nitro benzene ring substituents is 1. The topological polar surface area (TPSA) is 111 Å². The predicted molar refractivity (Wildman–Crippen MR) is 98.0 cm³/mol. The van der Waals surface area contributed by atoms with Gasteiger partial charge in [-0.25, -0.2) is 0 Å². The molecule has 0 spiro atoms. The quantitative estimate of drug-likeness (QED) is 0.252. The van der Waals surface area contributed by atoms with E-state index >= 15 is 0 Å². The fourth-order valence-electron chi connectivity index (χ4n) is 4.44. The Balaban J connectivity index is 1.66. The van der Waals surface area contributed by atoms with Crippen molar-refractivity contribution in [3.05, 3.63) is 40.0 Å². The van der Waals surface area contributed by atoms with Gasteiger partial charge in [0.2, 0.25) is 5.75 Å². The number of nitro groups is 1. The molecule has 28 heavy (non-hydrogen) atoms. The number of hydrogen-bond acceptors (Lipinski definition) is 7. The van der Waals surface area contributed by atoms with Crippen LogP contribution in [0, 0.1) is 33.8 Å². The van der Waals surface area contributed by atoms with Crippen LogP contribution in [-0.2, 0) is 9.59 Å². The van der Waals surface area contributed by atoms with E-state index < -0.39 is 4.92 Å². The Hall–Kier alpha value is -3.23. The van der Waals surface area contributed by atoms with E-state index in [1.807, 2.05) is 12.2 Å². The fourth-order valence-corrected chi connectivity index (χ4v) is 4.44. The third kappa shape index (κ3) is 2.65. The highest BCUT2D eigenvalue weighted by atomic mass is 16.6. The number of benzene rings is 1. The molecule has 9 nitrogen and oxygen atoms in total. The van der Waals surface area contributed by atoms with E-state index in [4.69, 9.17) is 9.47 Å². The Morgan fingerprint density at radius 1 is 1.07 bits per heavy atom. The molecule has 4 aliphatic rings. The summed E-state index contributed by atoms with van der Waals surface area (Å²) in [6, 6.07) is 2.61. The highest BCUT2D eigenvalue weighted by Crippen LogP contribution is 2.49. The highest BCUT2D eigenvalue weighted by Gasteiger charge is 2.56. The second-order valence-corrected chi connectivity index (χ2v) is 7.10. The van der Waals surface area contributed by atoms with Gasteiger partial charge in [-0.05, 0) is 24.7 Å². The summed E-state index contributed by atoms with van der Waals surface area (Å²) >= 11 is 0. The van der Waals surface area contributed by atoms with Gasteiger partial charge in [-0.1, -0.05) is 12.2 Å². The van der Waals surface area contributed by atoms with Crippen molar-refractivity contribution < 1.29 is 24.0 Å². The molecule has 1 aliphatic heterocycles. The molecule has 1 saturated heterocycles. The monoisotopic (exact) mass is 385 g/mol. The number of carbonyl (C=O) groups excluding carboxylic acids is 2. The molecule has 1 aromatic carbocycles. The lowest BCUT2D eigenvalue weighted by atomic mass is 9.63. The van der Waals surface area contributed by atoms with E-state index in [9.17, 15) is 19.7 Å². The number of nitrogens with zero attached hydrogens (tertiary/aromatic N) is 3. The second-order valence-electron chi connectivity index (χ2n) is 7.10. The van der Waals surface area contributed by atoms with Gasteiger partial charge >= 0.3 is 5.69 Å². The summed E-state index contributed by atoms with van der Waals surface area (Å²) in [5.41, 5.74) is 0.00584. The molecule has 3 aliphatic carbocycles. The largest absolute Gasteiger partial charge is 0.496 e. The standard InChI is InChI=1S/C19H19N3O6/c1-27-14-8-15(28-2)13(22(25)26)7-12(14)9-20-21-18(23)16-10-3-4-11(6-5-10)17(16)19(21)24/h3-4,7-11,16-17H,5-6H2,1-2H3/b20-9-/t10-,11-,16+,17+/m0/s1. The molecule has 0 unspecified atom stereocenters. The maximum Gasteiger partial charge on any atom is 0.311 e. The van der Waals surface area contributed by atoms with Gasteiger partial charge < -0.3 is 9.47 Å². The molecule has 9 heteroatoms. The minimum atomic E-state index is -0.584. The maximum atomic E-state index is 12.8. The zero-order chi connectivity index (χ0) is 20.0. The summed E-state index contributed by atoms with van der Waals surface area (Å²) in [5.74, 6) is -0.877. The van der Waals surface area contributed by atoms with Crippen LogP contribution in [0.1, 0.15) is 18.4 Å².